The average molecular weight is 1150 g/mol. The molecule has 78 heavy (non-hydrogen) atoms. The summed E-state index contributed by atoms with van der Waals surface area (Å²) in [6, 6.07) is 0. The molecule has 35 atom stereocenters. The second-order valence-electron chi connectivity index (χ2n) is 19.6. The molecule has 7 saturated heterocycles. The number of rotatable bonds is 19. The van der Waals surface area contributed by atoms with E-state index >= 15 is 0 Å². The number of aliphatic hydroxyl groups is 23. The predicted octanol–water partition coefficient (Wildman–Crippen LogP) is -16.3. The fraction of sp³-hybridized carbons (Fsp3) is 1.00. The molecule has 23 N–H and O–H groups in total. The van der Waals surface area contributed by atoms with Crippen molar-refractivity contribution in [2.75, 3.05) is 46.2 Å². The van der Waals surface area contributed by atoms with Crippen LogP contribution in [0.2, 0.25) is 0 Å². The Labute approximate surface area is 439 Å². The van der Waals surface area contributed by atoms with Gasteiger partial charge >= 0.3 is 0 Å². The molecule has 7 aliphatic rings. The molecule has 36 heteroatoms. The maximum absolute atomic E-state index is 11.7. The van der Waals surface area contributed by atoms with E-state index < -0.39 is 261 Å². The quantitative estimate of drug-likeness (QED) is 0.0571. The minimum atomic E-state index is -2.33. The molecule has 0 amide bonds. The van der Waals surface area contributed by atoms with Crippen LogP contribution < -0.4 is 0 Å². The Morgan fingerprint density at radius 3 is 0.590 bits per heavy atom. The molecule has 0 saturated carbocycles. The number of hydrogen-bond donors (Lipinski definition) is 23. The lowest BCUT2D eigenvalue weighted by Crippen LogP contribution is -2.69. The van der Waals surface area contributed by atoms with Crippen LogP contribution in [0.4, 0.5) is 0 Å². The maximum Gasteiger partial charge on any atom is 0.187 e. The molecule has 0 radical (unpaired) electrons. The lowest BCUT2D eigenvalue weighted by Gasteiger charge is -2.50. The van der Waals surface area contributed by atoms with Gasteiger partial charge in [0, 0.05) is 0 Å². The van der Waals surface area contributed by atoms with Gasteiger partial charge in [-0.1, -0.05) is 0 Å². The van der Waals surface area contributed by atoms with Crippen molar-refractivity contribution >= 4 is 0 Å². The van der Waals surface area contributed by atoms with Crippen molar-refractivity contribution in [2.45, 2.75) is 215 Å². The minimum absolute atomic E-state index is 0.880. The lowest BCUT2D eigenvalue weighted by atomic mass is 9.95. The van der Waals surface area contributed by atoms with Crippen molar-refractivity contribution in [3.8, 4) is 0 Å². The lowest BCUT2D eigenvalue weighted by molar-refractivity contribution is -0.400. The number of aliphatic hydroxyl groups excluding tert-OH is 23. The van der Waals surface area contributed by atoms with Gasteiger partial charge in [0.1, 0.15) is 171 Å². The van der Waals surface area contributed by atoms with Gasteiger partial charge in [0.25, 0.3) is 0 Å². The molecule has 7 aliphatic heterocycles. The van der Waals surface area contributed by atoms with Crippen molar-refractivity contribution in [3.05, 3.63) is 0 Å². The summed E-state index contributed by atoms with van der Waals surface area (Å²) in [5.41, 5.74) is 0. The molecule has 0 aromatic carbocycles. The summed E-state index contributed by atoms with van der Waals surface area (Å²) in [5.74, 6) is 0. The normalized spacial score (nSPS) is 53.5. The largest absolute Gasteiger partial charge is 0.394 e. The Kier molecular flexibility index (Phi) is 22.6. The van der Waals surface area contributed by atoms with Gasteiger partial charge in [-0.15, -0.1) is 0 Å². The van der Waals surface area contributed by atoms with Crippen LogP contribution >= 0.6 is 0 Å². The number of ether oxygens (including phenoxy) is 13. The zero-order valence-corrected chi connectivity index (χ0v) is 40.8. The standard InChI is InChI=1S/C42H72O36/c43-1-8-15(50)22(57)23(58)37(67-8)74-31-17(52)10(3-45)69-39(25(31)60)76-33-19(54)12(5-47)71-41(27(33)62)78-35-21(56)14(7-49)72-42(29(35)64)77-34-20(55)13(6-48)70-40(28(34)63)75-32-18(53)11(4-46)68-38(26(32)61)73-30-16(51)9(2-44)66-36(65)24(30)59/h8-65H,1-7H2. The molecule has 36 nitrogen and oxygen atoms in total. The van der Waals surface area contributed by atoms with Gasteiger partial charge in [-0.25, -0.2) is 0 Å². The molecule has 456 valence electrons. The maximum atomic E-state index is 11.7. The van der Waals surface area contributed by atoms with Crippen molar-refractivity contribution < 1.29 is 179 Å². The van der Waals surface area contributed by atoms with Crippen molar-refractivity contribution in [1.82, 2.24) is 0 Å². The highest BCUT2D eigenvalue weighted by Gasteiger charge is 2.59. The van der Waals surface area contributed by atoms with Crippen molar-refractivity contribution in [3.63, 3.8) is 0 Å². The second kappa shape index (κ2) is 27.5. The van der Waals surface area contributed by atoms with Gasteiger partial charge in [-0.3, -0.25) is 0 Å². The van der Waals surface area contributed by atoms with Crippen LogP contribution in [0.1, 0.15) is 0 Å². The summed E-state index contributed by atoms with van der Waals surface area (Å²) >= 11 is 0. The highest BCUT2D eigenvalue weighted by molar-refractivity contribution is 5.01. The van der Waals surface area contributed by atoms with Crippen molar-refractivity contribution in [1.29, 1.82) is 0 Å². The zero-order valence-electron chi connectivity index (χ0n) is 40.8. The van der Waals surface area contributed by atoms with Crippen molar-refractivity contribution in [2.24, 2.45) is 0 Å². The first kappa shape index (κ1) is 64.1. The van der Waals surface area contributed by atoms with Gasteiger partial charge in [0.05, 0.1) is 46.2 Å². The first-order chi connectivity index (χ1) is 37.0. The predicted molar refractivity (Wildman–Crippen MR) is 232 cm³/mol. The third kappa shape index (κ3) is 12.9. The highest BCUT2D eigenvalue weighted by Crippen LogP contribution is 2.38. The topological polar surface area (TPSA) is 585 Å². The van der Waals surface area contributed by atoms with Crippen LogP contribution in [0.5, 0.6) is 0 Å². The summed E-state index contributed by atoms with van der Waals surface area (Å²) < 4.78 is 72.0. The first-order valence-corrected chi connectivity index (χ1v) is 24.7. The summed E-state index contributed by atoms with van der Waals surface area (Å²) in [5, 5.41) is 246. The molecule has 0 spiro atoms. The minimum Gasteiger partial charge on any atom is -0.394 e. The molecule has 0 aromatic heterocycles. The van der Waals surface area contributed by atoms with Gasteiger partial charge in [-0.05, 0) is 0 Å². The van der Waals surface area contributed by atoms with Crippen LogP contribution in [-0.4, -0.2) is 379 Å². The molecule has 0 aromatic rings. The Balaban J connectivity index is 1.06. The van der Waals surface area contributed by atoms with Gasteiger partial charge in [-0.2, -0.15) is 0 Å². The summed E-state index contributed by atoms with van der Waals surface area (Å²) in [6.07, 6.45) is -70.1. The van der Waals surface area contributed by atoms with E-state index in [1.54, 1.807) is 0 Å². The Bertz CT molecular complexity index is 1820. The SMILES string of the molecule is OCC1OC(OC2C(O)C(CO)OC(OC3C(O)C(CO)OC(OC4C(O)C(CO)OC(OC5C(O)C(CO)OC(OC6C(O)C(CO)OC(OC7C(O)C(O)OC(CO)C7O)C6O)C5O)C4O)C3O)C2O)C(O)C(O)C1O. The zero-order chi connectivity index (χ0) is 57.3. The molecule has 0 bridgehead atoms. The van der Waals surface area contributed by atoms with Gasteiger partial charge in [0.15, 0.2) is 44.0 Å². The first-order valence-electron chi connectivity index (χ1n) is 24.7. The van der Waals surface area contributed by atoms with Crippen LogP contribution in [0.25, 0.3) is 0 Å². The number of hydrogen-bond acceptors (Lipinski definition) is 36. The van der Waals surface area contributed by atoms with E-state index in [1.165, 1.54) is 0 Å². The van der Waals surface area contributed by atoms with Gasteiger partial charge in [0.2, 0.25) is 0 Å². The van der Waals surface area contributed by atoms with E-state index in [-0.39, 0.29) is 0 Å². The van der Waals surface area contributed by atoms with E-state index in [2.05, 4.69) is 0 Å². The Hall–Kier alpha value is -1.44. The van der Waals surface area contributed by atoms with E-state index in [9.17, 15) is 117 Å². The summed E-state index contributed by atoms with van der Waals surface area (Å²) in [4.78, 5) is 0. The second-order valence-corrected chi connectivity index (χ2v) is 19.6. The monoisotopic (exact) mass is 1150 g/mol. The molecular weight excluding hydrogens is 1080 g/mol. The molecular formula is C42H72O36. The Morgan fingerprint density at radius 2 is 0.372 bits per heavy atom. The van der Waals surface area contributed by atoms with Crippen LogP contribution in [0.3, 0.4) is 0 Å². The summed E-state index contributed by atoms with van der Waals surface area (Å²) in [7, 11) is 0. The fourth-order valence-corrected chi connectivity index (χ4v) is 9.97. The molecule has 0 aliphatic carbocycles. The van der Waals surface area contributed by atoms with E-state index in [0.717, 1.165) is 0 Å². The van der Waals surface area contributed by atoms with Gasteiger partial charge < -0.3 is 179 Å². The molecule has 7 rings (SSSR count). The van der Waals surface area contributed by atoms with E-state index in [4.69, 9.17) is 61.6 Å². The molecule has 35 unspecified atom stereocenters. The Morgan fingerprint density at radius 1 is 0.192 bits per heavy atom. The third-order valence-electron chi connectivity index (χ3n) is 14.5. The highest BCUT2D eigenvalue weighted by atomic mass is 16.8. The van der Waals surface area contributed by atoms with E-state index in [0.29, 0.717) is 0 Å². The van der Waals surface area contributed by atoms with Crippen LogP contribution in [0.15, 0.2) is 0 Å². The third-order valence-corrected chi connectivity index (χ3v) is 14.5. The average Bonchev–Trinajstić information content (AvgIpc) is 3.48. The summed E-state index contributed by atoms with van der Waals surface area (Å²) in [6.45, 7) is -7.04. The van der Waals surface area contributed by atoms with Crippen LogP contribution in [0, 0.1) is 0 Å². The molecule has 7 heterocycles. The van der Waals surface area contributed by atoms with Crippen LogP contribution in [-0.2, 0) is 61.6 Å². The fourth-order valence-electron chi connectivity index (χ4n) is 9.97. The smallest absolute Gasteiger partial charge is 0.187 e. The molecule has 7 fully saturated rings. The van der Waals surface area contributed by atoms with E-state index in [1.807, 2.05) is 0 Å².